The highest BCUT2D eigenvalue weighted by Crippen LogP contribution is 2.18. The van der Waals surface area contributed by atoms with Gasteiger partial charge in [0.1, 0.15) is 17.6 Å². The molecule has 0 unspecified atom stereocenters. The molecule has 7 heteroatoms. The van der Waals surface area contributed by atoms with Crippen LogP contribution in [0.25, 0.3) is 0 Å². The monoisotopic (exact) mass is 309 g/mol. The molecule has 0 aliphatic carbocycles. The Balaban J connectivity index is 1.97. The SMILES string of the molecule is CCc1csc(NC(=O)N[C@H](COC)c2ccc(C)o2)n1. The summed E-state index contributed by atoms with van der Waals surface area (Å²) in [5, 5.41) is 8.05. The number of amides is 2. The number of anilines is 1. The lowest BCUT2D eigenvalue weighted by Crippen LogP contribution is -2.34. The van der Waals surface area contributed by atoms with Crippen molar-refractivity contribution in [2.45, 2.75) is 26.3 Å². The van der Waals surface area contributed by atoms with Crippen LogP contribution in [-0.4, -0.2) is 24.7 Å². The van der Waals surface area contributed by atoms with Crippen molar-refractivity contribution in [1.82, 2.24) is 10.3 Å². The molecule has 114 valence electrons. The van der Waals surface area contributed by atoms with Crippen LogP contribution in [0.3, 0.4) is 0 Å². The summed E-state index contributed by atoms with van der Waals surface area (Å²) in [7, 11) is 1.58. The Hall–Kier alpha value is -1.86. The van der Waals surface area contributed by atoms with Crippen molar-refractivity contribution in [1.29, 1.82) is 0 Å². The van der Waals surface area contributed by atoms with Gasteiger partial charge in [0.15, 0.2) is 5.13 Å². The fraction of sp³-hybridized carbons (Fsp3) is 0.429. The van der Waals surface area contributed by atoms with E-state index >= 15 is 0 Å². The molecule has 0 aliphatic heterocycles. The van der Waals surface area contributed by atoms with Gasteiger partial charge in [-0.1, -0.05) is 6.92 Å². The van der Waals surface area contributed by atoms with E-state index in [0.717, 1.165) is 17.9 Å². The number of nitrogens with one attached hydrogen (secondary N) is 2. The molecule has 0 bridgehead atoms. The second-order valence-electron chi connectivity index (χ2n) is 4.55. The maximum absolute atomic E-state index is 12.0. The van der Waals surface area contributed by atoms with Crippen molar-refractivity contribution in [2.75, 3.05) is 19.0 Å². The van der Waals surface area contributed by atoms with Crippen molar-refractivity contribution >= 4 is 22.5 Å². The van der Waals surface area contributed by atoms with Gasteiger partial charge in [0.2, 0.25) is 0 Å². The number of hydrogen-bond acceptors (Lipinski definition) is 5. The summed E-state index contributed by atoms with van der Waals surface area (Å²) >= 11 is 1.41. The zero-order valence-electron chi connectivity index (χ0n) is 12.3. The first-order chi connectivity index (χ1) is 10.1. The van der Waals surface area contributed by atoms with E-state index in [1.807, 2.05) is 31.4 Å². The highest BCUT2D eigenvalue weighted by atomic mass is 32.1. The topological polar surface area (TPSA) is 76.4 Å². The van der Waals surface area contributed by atoms with Crippen LogP contribution in [0.2, 0.25) is 0 Å². The van der Waals surface area contributed by atoms with Crippen LogP contribution in [0.15, 0.2) is 21.9 Å². The average Bonchev–Trinajstić information content (AvgIpc) is 3.07. The van der Waals surface area contributed by atoms with Crippen LogP contribution in [0.5, 0.6) is 0 Å². The van der Waals surface area contributed by atoms with Crippen molar-refractivity contribution < 1.29 is 13.9 Å². The molecule has 0 aliphatic rings. The Bertz CT molecular complexity index is 594. The number of methoxy groups -OCH3 is 1. The second-order valence-corrected chi connectivity index (χ2v) is 5.41. The summed E-state index contributed by atoms with van der Waals surface area (Å²) in [6, 6.07) is 3.02. The van der Waals surface area contributed by atoms with E-state index < -0.39 is 0 Å². The first-order valence-corrected chi connectivity index (χ1v) is 7.57. The van der Waals surface area contributed by atoms with Crippen LogP contribution >= 0.6 is 11.3 Å². The predicted octanol–water partition coefficient (Wildman–Crippen LogP) is 3.12. The molecule has 0 spiro atoms. The van der Waals surface area contributed by atoms with Gasteiger partial charge in [0.25, 0.3) is 0 Å². The number of carbonyl (C=O) groups is 1. The van der Waals surface area contributed by atoms with Gasteiger partial charge >= 0.3 is 6.03 Å². The van der Waals surface area contributed by atoms with Gasteiger partial charge in [0, 0.05) is 12.5 Å². The average molecular weight is 309 g/mol. The summed E-state index contributed by atoms with van der Waals surface area (Å²) in [5.41, 5.74) is 0.963. The molecule has 0 saturated heterocycles. The number of hydrogen-bond donors (Lipinski definition) is 2. The number of carbonyl (C=O) groups excluding carboxylic acids is 1. The van der Waals surface area contributed by atoms with E-state index in [2.05, 4.69) is 15.6 Å². The van der Waals surface area contributed by atoms with Crippen molar-refractivity contribution in [2.24, 2.45) is 0 Å². The molecule has 21 heavy (non-hydrogen) atoms. The summed E-state index contributed by atoms with van der Waals surface area (Å²) in [5.74, 6) is 1.46. The van der Waals surface area contributed by atoms with E-state index in [0.29, 0.717) is 17.5 Å². The lowest BCUT2D eigenvalue weighted by molar-refractivity contribution is 0.158. The van der Waals surface area contributed by atoms with Crippen LogP contribution in [0, 0.1) is 6.92 Å². The third-order valence-corrected chi connectivity index (χ3v) is 3.68. The Labute approximate surface area is 127 Å². The third-order valence-electron chi connectivity index (χ3n) is 2.88. The normalized spacial score (nSPS) is 12.1. The molecule has 2 heterocycles. The summed E-state index contributed by atoms with van der Waals surface area (Å²) < 4.78 is 10.7. The lowest BCUT2D eigenvalue weighted by Gasteiger charge is -2.15. The highest BCUT2D eigenvalue weighted by Gasteiger charge is 2.18. The van der Waals surface area contributed by atoms with Crippen molar-refractivity contribution in [3.05, 3.63) is 34.7 Å². The Morgan fingerprint density at radius 1 is 1.52 bits per heavy atom. The van der Waals surface area contributed by atoms with Crippen molar-refractivity contribution in [3.8, 4) is 0 Å². The summed E-state index contributed by atoms with van der Waals surface area (Å²) in [4.78, 5) is 16.3. The minimum Gasteiger partial charge on any atom is -0.464 e. The number of furan rings is 1. The standard InChI is InChI=1S/C14H19N3O3S/c1-4-10-8-21-14(15-10)17-13(18)16-11(7-19-3)12-6-5-9(2)20-12/h5-6,8,11H,4,7H2,1-3H3,(H2,15,16,17,18)/t11-/m1/s1. The number of rotatable bonds is 6. The largest absolute Gasteiger partial charge is 0.464 e. The molecule has 0 fully saturated rings. The molecule has 0 aromatic carbocycles. The number of urea groups is 1. The van der Waals surface area contributed by atoms with E-state index in [1.54, 1.807) is 7.11 Å². The molecule has 2 amide bonds. The van der Waals surface area contributed by atoms with Crippen LogP contribution < -0.4 is 10.6 Å². The van der Waals surface area contributed by atoms with Crippen molar-refractivity contribution in [3.63, 3.8) is 0 Å². The van der Waals surface area contributed by atoms with Crippen LogP contribution in [0.1, 0.15) is 30.2 Å². The number of aromatic nitrogens is 1. The van der Waals surface area contributed by atoms with E-state index in [4.69, 9.17) is 9.15 Å². The molecular weight excluding hydrogens is 290 g/mol. The molecule has 0 saturated carbocycles. The number of thiazole rings is 1. The maximum atomic E-state index is 12.0. The van der Waals surface area contributed by atoms with E-state index in [9.17, 15) is 4.79 Å². The van der Waals surface area contributed by atoms with Gasteiger partial charge in [-0.15, -0.1) is 11.3 Å². The third kappa shape index (κ3) is 4.30. The fourth-order valence-corrected chi connectivity index (χ4v) is 2.61. The number of nitrogens with zero attached hydrogens (tertiary/aromatic N) is 1. The Morgan fingerprint density at radius 3 is 2.90 bits per heavy atom. The minimum absolute atomic E-state index is 0.330. The van der Waals surface area contributed by atoms with Crippen LogP contribution in [0.4, 0.5) is 9.93 Å². The van der Waals surface area contributed by atoms with Gasteiger partial charge in [0.05, 0.1) is 12.3 Å². The number of aryl methyl sites for hydroxylation is 2. The highest BCUT2D eigenvalue weighted by molar-refractivity contribution is 7.13. The van der Waals surface area contributed by atoms with Gasteiger partial charge < -0.3 is 14.5 Å². The van der Waals surface area contributed by atoms with Crippen LogP contribution in [-0.2, 0) is 11.2 Å². The predicted molar refractivity (Wildman–Crippen MR) is 81.7 cm³/mol. The van der Waals surface area contributed by atoms with Gasteiger partial charge in [-0.2, -0.15) is 0 Å². The van der Waals surface area contributed by atoms with Gasteiger partial charge in [-0.05, 0) is 25.5 Å². The quantitative estimate of drug-likeness (QED) is 0.859. The molecule has 2 aromatic rings. The zero-order chi connectivity index (χ0) is 15.2. The second kappa shape index (κ2) is 7.24. The van der Waals surface area contributed by atoms with E-state index in [-0.39, 0.29) is 12.1 Å². The molecule has 2 N–H and O–H groups in total. The zero-order valence-corrected chi connectivity index (χ0v) is 13.1. The smallest absolute Gasteiger partial charge is 0.321 e. The first kappa shape index (κ1) is 15.5. The fourth-order valence-electron chi connectivity index (χ4n) is 1.82. The molecule has 6 nitrogen and oxygen atoms in total. The molecule has 0 radical (unpaired) electrons. The summed E-state index contributed by atoms with van der Waals surface area (Å²) in [6.45, 7) is 4.21. The Morgan fingerprint density at radius 2 is 2.33 bits per heavy atom. The minimum atomic E-state index is -0.339. The lowest BCUT2D eigenvalue weighted by atomic mass is 10.2. The van der Waals surface area contributed by atoms with E-state index in [1.165, 1.54) is 11.3 Å². The molecule has 1 atom stereocenters. The van der Waals surface area contributed by atoms with Gasteiger partial charge in [-0.3, -0.25) is 5.32 Å². The maximum Gasteiger partial charge on any atom is 0.321 e. The molecule has 2 aromatic heterocycles. The Kier molecular flexibility index (Phi) is 5.35. The molecule has 2 rings (SSSR count). The first-order valence-electron chi connectivity index (χ1n) is 6.69. The number of ether oxygens (including phenoxy) is 1. The summed E-state index contributed by atoms with van der Waals surface area (Å²) in [6.07, 6.45) is 0.845. The van der Waals surface area contributed by atoms with Gasteiger partial charge in [-0.25, -0.2) is 9.78 Å². The molecular formula is C14H19N3O3S.